The Labute approximate surface area is 162 Å². The Kier molecular flexibility index (Phi) is 5.43. The molecule has 6 heteroatoms. The summed E-state index contributed by atoms with van der Waals surface area (Å²) in [6.07, 6.45) is 0. The average Bonchev–Trinajstić information content (AvgIpc) is 2.74. The quantitative estimate of drug-likeness (QED) is 0.826. The first-order valence-corrected chi connectivity index (χ1v) is 10.1. The lowest BCUT2D eigenvalue weighted by Gasteiger charge is -2.38. The van der Waals surface area contributed by atoms with Gasteiger partial charge in [0.1, 0.15) is 17.5 Å². The van der Waals surface area contributed by atoms with E-state index < -0.39 is 0 Å². The van der Waals surface area contributed by atoms with Gasteiger partial charge in [0.25, 0.3) is 0 Å². The van der Waals surface area contributed by atoms with Gasteiger partial charge in [-0.25, -0.2) is 9.97 Å². The number of anilines is 3. The summed E-state index contributed by atoms with van der Waals surface area (Å²) in [7, 11) is 0. The van der Waals surface area contributed by atoms with E-state index in [4.69, 9.17) is 9.97 Å². The molecule has 0 spiro atoms. The van der Waals surface area contributed by atoms with Gasteiger partial charge in [0.2, 0.25) is 0 Å². The van der Waals surface area contributed by atoms with E-state index in [9.17, 15) is 0 Å². The number of nitrogens with zero attached hydrogens (tertiary/aromatic N) is 6. The standard InChI is InChI=1S/C21H30N6/c1-3-24-9-11-26(12-10-24)20-17-21(23-18(2)22-20)27-15-13-25(14-16-27)19-7-5-4-6-8-19/h4-8,17H,3,9-16H2,1-2H3. The maximum atomic E-state index is 4.74. The van der Waals surface area contributed by atoms with Crippen LogP contribution >= 0.6 is 0 Å². The minimum atomic E-state index is 0.867. The summed E-state index contributed by atoms with van der Waals surface area (Å²) in [6, 6.07) is 12.9. The fourth-order valence-corrected chi connectivity index (χ4v) is 3.99. The molecule has 2 aromatic rings. The SMILES string of the molecule is CCN1CCN(c2cc(N3CCN(c4ccccc4)CC3)nc(C)n2)CC1. The Bertz CT molecular complexity index is 734. The lowest BCUT2D eigenvalue weighted by atomic mass is 10.2. The molecule has 0 N–H and O–H groups in total. The predicted molar refractivity (Wildman–Crippen MR) is 112 cm³/mol. The molecule has 0 bridgehead atoms. The van der Waals surface area contributed by atoms with Crippen LogP contribution in [0.4, 0.5) is 17.3 Å². The number of para-hydroxylation sites is 1. The molecule has 0 amide bonds. The minimum absolute atomic E-state index is 0.867. The highest BCUT2D eigenvalue weighted by molar-refractivity contribution is 5.53. The zero-order valence-corrected chi connectivity index (χ0v) is 16.5. The van der Waals surface area contributed by atoms with Gasteiger partial charge in [-0.1, -0.05) is 25.1 Å². The Morgan fingerprint density at radius 2 is 1.26 bits per heavy atom. The molecule has 0 atom stereocenters. The van der Waals surface area contributed by atoms with Crippen molar-refractivity contribution in [3.05, 3.63) is 42.2 Å². The molecular formula is C21H30N6. The highest BCUT2D eigenvalue weighted by Crippen LogP contribution is 2.23. The summed E-state index contributed by atoms with van der Waals surface area (Å²) in [5, 5.41) is 0. The molecular weight excluding hydrogens is 336 g/mol. The van der Waals surface area contributed by atoms with Crippen LogP contribution in [0.15, 0.2) is 36.4 Å². The number of likely N-dealkylation sites (N-methyl/N-ethyl adjacent to an activating group) is 1. The molecule has 3 heterocycles. The van der Waals surface area contributed by atoms with Gasteiger partial charge < -0.3 is 19.6 Å². The second-order valence-electron chi connectivity index (χ2n) is 7.36. The van der Waals surface area contributed by atoms with E-state index in [0.29, 0.717) is 0 Å². The van der Waals surface area contributed by atoms with E-state index >= 15 is 0 Å². The third kappa shape index (κ3) is 4.16. The van der Waals surface area contributed by atoms with Crippen molar-refractivity contribution in [2.45, 2.75) is 13.8 Å². The summed E-state index contributed by atoms with van der Waals surface area (Å²) in [4.78, 5) is 19.2. The average molecular weight is 367 g/mol. The number of rotatable bonds is 4. The summed E-state index contributed by atoms with van der Waals surface area (Å²) in [6.45, 7) is 13.7. The molecule has 2 fully saturated rings. The van der Waals surface area contributed by atoms with Crippen molar-refractivity contribution in [1.29, 1.82) is 0 Å². The fraction of sp³-hybridized carbons (Fsp3) is 0.524. The summed E-state index contributed by atoms with van der Waals surface area (Å²) < 4.78 is 0. The van der Waals surface area contributed by atoms with Crippen LogP contribution in [0.3, 0.4) is 0 Å². The molecule has 2 saturated heterocycles. The Hall–Kier alpha value is -2.34. The predicted octanol–water partition coefficient (Wildman–Crippen LogP) is 2.25. The number of benzene rings is 1. The maximum absolute atomic E-state index is 4.74. The minimum Gasteiger partial charge on any atom is -0.368 e. The molecule has 4 rings (SSSR count). The number of piperazine rings is 2. The van der Waals surface area contributed by atoms with Gasteiger partial charge in [0, 0.05) is 64.1 Å². The molecule has 144 valence electrons. The molecule has 27 heavy (non-hydrogen) atoms. The lowest BCUT2D eigenvalue weighted by molar-refractivity contribution is 0.270. The topological polar surface area (TPSA) is 38.7 Å². The first kappa shape index (κ1) is 18.0. The van der Waals surface area contributed by atoms with E-state index in [-0.39, 0.29) is 0 Å². The maximum Gasteiger partial charge on any atom is 0.134 e. The third-order valence-electron chi connectivity index (χ3n) is 5.68. The van der Waals surface area contributed by atoms with Crippen molar-refractivity contribution < 1.29 is 0 Å². The normalized spacial score (nSPS) is 18.8. The van der Waals surface area contributed by atoms with Crippen molar-refractivity contribution >= 4 is 17.3 Å². The third-order valence-corrected chi connectivity index (χ3v) is 5.68. The van der Waals surface area contributed by atoms with Gasteiger partial charge in [-0.2, -0.15) is 0 Å². The zero-order valence-electron chi connectivity index (χ0n) is 16.5. The molecule has 0 radical (unpaired) electrons. The van der Waals surface area contributed by atoms with Crippen LogP contribution in [0.2, 0.25) is 0 Å². The van der Waals surface area contributed by atoms with Gasteiger partial charge in [0.05, 0.1) is 0 Å². The molecule has 2 aliphatic rings. The highest BCUT2D eigenvalue weighted by atomic mass is 15.3. The Morgan fingerprint density at radius 3 is 1.81 bits per heavy atom. The number of aryl methyl sites for hydroxylation is 1. The first-order valence-electron chi connectivity index (χ1n) is 10.1. The Balaban J connectivity index is 1.43. The fourth-order valence-electron chi connectivity index (χ4n) is 3.99. The molecule has 0 aliphatic carbocycles. The van der Waals surface area contributed by atoms with E-state index in [1.165, 1.54) is 5.69 Å². The monoisotopic (exact) mass is 366 g/mol. The second kappa shape index (κ2) is 8.13. The smallest absolute Gasteiger partial charge is 0.134 e. The zero-order chi connectivity index (χ0) is 18.6. The van der Waals surface area contributed by atoms with E-state index in [2.05, 4.69) is 62.9 Å². The summed E-state index contributed by atoms with van der Waals surface area (Å²) >= 11 is 0. The van der Waals surface area contributed by atoms with Crippen LogP contribution in [0, 0.1) is 6.92 Å². The molecule has 1 aromatic carbocycles. The molecule has 2 aliphatic heterocycles. The van der Waals surface area contributed by atoms with Crippen LogP contribution in [-0.4, -0.2) is 73.8 Å². The Morgan fingerprint density at radius 1 is 0.741 bits per heavy atom. The lowest BCUT2D eigenvalue weighted by Crippen LogP contribution is -2.47. The number of hydrogen-bond acceptors (Lipinski definition) is 6. The van der Waals surface area contributed by atoms with Crippen molar-refractivity contribution in [1.82, 2.24) is 14.9 Å². The summed E-state index contributed by atoms with van der Waals surface area (Å²) in [5.41, 5.74) is 1.31. The van der Waals surface area contributed by atoms with Gasteiger partial charge in [-0.15, -0.1) is 0 Å². The highest BCUT2D eigenvalue weighted by Gasteiger charge is 2.22. The van der Waals surface area contributed by atoms with E-state index in [1.54, 1.807) is 0 Å². The van der Waals surface area contributed by atoms with Gasteiger partial charge in [-0.3, -0.25) is 0 Å². The van der Waals surface area contributed by atoms with Crippen LogP contribution in [-0.2, 0) is 0 Å². The van der Waals surface area contributed by atoms with Crippen LogP contribution in [0.25, 0.3) is 0 Å². The van der Waals surface area contributed by atoms with Crippen molar-refractivity contribution in [2.24, 2.45) is 0 Å². The second-order valence-corrected chi connectivity index (χ2v) is 7.36. The first-order chi connectivity index (χ1) is 13.2. The molecule has 0 unspecified atom stereocenters. The number of hydrogen-bond donors (Lipinski definition) is 0. The summed E-state index contributed by atoms with van der Waals surface area (Å²) in [5.74, 6) is 3.02. The van der Waals surface area contributed by atoms with Gasteiger partial charge >= 0.3 is 0 Å². The van der Waals surface area contributed by atoms with Crippen molar-refractivity contribution in [2.75, 3.05) is 73.6 Å². The van der Waals surface area contributed by atoms with Crippen molar-refractivity contribution in [3.8, 4) is 0 Å². The van der Waals surface area contributed by atoms with Crippen LogP contribution in [0.5, 0.6) is 0 Å². The van der Waals surface area contributed by atoms with E-state index in [1.807, 2.05) is 6.92 Å². The molecule has 6 nitrogen and oxygen atoms in total. The van der Waals surface area contributed by atoms with E-state index in [0.717, 1.165) is 76.4 Å². The van der Waals surface area contributed by atoms with Crippen LogP contribution < -0.4 is 14.7 Å². The van der Waals surface area contributed by atoms with Crippen molar-refractivity contribution in [3.63, 3.8) is 0 Å². The molecule has 1 aromatic heterocycles. The number of aromatic nitrogens is 2. The van der Waals surface area contributed by atoms with Gasteiger partial charge in [-0.05, 0) is 25.6 Å². The largest absolute Gasteiger partial charge is 0.368 e. The van der Waals surface area contributed by atoms with Crippen LogP contribution in [0.1, 0.15) is 12.7 Å². The molecule has 0 saturated carbocycles. The van der Waals surface area contributed by atoms with Gasteiger partial charge in [0.15, 0.2) is 0 Å².